The molecule has 0 radical (unpaired) electrons. The lowest BCUT2D eigenvalue weighted by Gasteiger charge is -2.35. The Hall–Kier alpha value is -4.97. The number of aromatic nitrogens is 4. The van der Waals surface area contributed by atoms with Gasteiger partial charge in [0.2, 0.25) is 11.8 Å². The van der Waals surface area contributed by atoms with E-state index in [1.807, 2.05) is 36.0 Å². The molecule has 1 aliphatic carbocycles. The van der Waals surface area contributed by atoms with Crippen LogP contribution in [0.15, 0.2) is 60.9 Å². The molecule has 0 unspecified atom stereocenters. The van der Waals surface area contributed by atoms with Crippen molar-refractivity contribution in [1.82, 2.24) is 35.1 Å². The Morgan fingerprint density at radius 2 is 1.37 bits per heavy atom. The van der Waals surface area contributed by atoms with Crippen LogP contribution in [0, 0.1) is 11.8 Å². The van der Waals surface area contributed by atoms with Gasteiger partial charge in [0.15, 0.2) is 0 Å². The van der Waals surface area contributed by atoms with Gasteiger partial charge in [0.1, 0.15) is 17.7 Å². The van der Waals surface area contributed by atoms with Gasteiger partial charge < -0.3 is 34.6 Å². The van der Waals surface area contributed by atoms with Crippen LogP contribution in [0.2, 0.25) is 0 Å². The van der Waals surface area contributed by atoms with Crippen LogP contribution in [-0.4, -0.2) is 93.6 Å². The zero-order valence-electron chi connectivity index (χ0n) is 30.3. The second-order valence-electron chi connectivity index (χ2n) is 14.5. The SMILES string of the molecule is COC(=O)N[C@H](C(=O)N1CCC[C@H]1c1ncc(-c2ccc(-c3ccc(-c4cnc([C@H]5CCCC[C@H]5C(=O)N5CCOCC5)[nH]4)cc3)cc2)[nH]1)C(C)C. The predicted octanol–water partition coefficient (Wildman–Crippen LogP) is 6.31. The first-order valence-electron chi connectivity index (χ1n) is 18.6. The fraction of sp³-hybridized carbons (Fsp3) is 0.475. The number of benzene rings is 2. The zero-order valence-corrected chi connectivity index (χ0v) is 30.3. The molecule has 1 saturated carbocycles. The van der Waals surface area contributed by atoms with Gasteiger partial charge >= 0.3 is 6.09 Å². The number of H-pyrrole nitrogens is 2. The van der Waals surface area contributed by atoms with Crippen molar-refractivity contribution in [2.75, 3.05) is 40.0 Å². The monoisotopic (exact) mass is 707 g/mol. The summed E-state index contributed by atoms with van der Waals surface area (Å²) in [7, 11) is 1.30. The Labute approximate surface area is 304 Å². The summed E-state index contributed by atoms with van der Waals surface area (Å²) < 4.78 is 10.2. The first-order chi connectivity index (χ1) is 25.3. The number of ether oxygens (including phenoxy) is 2. The Kier molecular flexibility index (Phi) is 10.7. The number of hydrogen-bond donors (Lipinski definition) is 3. The van der Waals surface area contributed by atoms with Crippen molar-refractivity contribution in [3.8, 4) is 33.6 Å². The summed E-state index contributed by atoms with van der Waals surface area (Å²) in [5.74, 6) is 1.74. The highest BCUT2D eigenvalue weighted by Crippen LogP contribution is 2.39. The first kappa shape index (κ1) is 35.4. The van der Waals surface area contributed by atoms with Crippen molar-refractivity contribution in [1.29, 1.82) is 0 Å². The molecular weight excluding hydrogens is 658 g/mol. The second-order valence-corrected chi connectivity index (χ2v) is 14.5. The lowest BCUT2D eigenvalue weighted by Crippen LogP contribution is -2.51. The van der Waals surface area contributed by atoms with Crippen LogP contribution in [0.1, 0.15) is 76.0 Å². The number of likely N-dealkylation sites (tertiary alicyclic amines) is 1. The molecule has 3 fully saturated rings. The Morgan fingerprint density at radius 1 is 0.788 bits per heavy atom. The molecule has 2 aromatic heterocycles. The number of alkyl carbamates (subject to hydrolysis) is 1. The highest BCUT2D eigenvalue weighted by Gasteiger charge is 2.38. The number of methoxy groups -OCH3 is 1. The minimum absolute atomic E-state index is 0.0366. The summed E-state index contributed by atoms with van der Waals surface area (Å²) in [4.78, 5) is 59.2. The van der Waals surface area contributed by atoms with E-state index in [9.17, 15) is 14.4 Å². The average Bonchev–Trinajstić information content (AvgIpc) is 3.99. The molecule has 4 atom stereocenters. The molecule has 4 heterocycles. The van der Waals surface area contributed by atoms with Crippen LogP contribution < -0.4 is 5.32 Å². The molecule has 52 heavy (non-hydrogen) atoms. The van der Waals surface area contributed by atoms with Gasteiger partial charge in [-0.1, -0.05) is 75.2 Å². The Balaban J connectivity index is 1.00. The van der Waals surface area contributed by atoms with E-state index in [1.165, 1.54) is 7.11 Å². The fourth-order valence-electron chi connectivity index (χ4n) is 7.97. The van der Waals surface area contributed by atoms with E-state index in [-0.39, 0.29) is 35.6 Å². The molecule has 3 amide bonds. The van der Waals surface area contributed by atoms with E-state index in [4.69, 9.17) is 14.5 Å². The number of imidazole rings is 2. The maximum atomic E-state index is 13.5. The normalized spacial score (nSPS) is 21.3. The molecule has 274 valence electrons. The summed E-state index contributed by atoms with van der Waals surface area (Å²) in [6.07, 6.45) is 8.82. The van der Waals surface area contributed by atoms with Gasteiger partial charge in [0.05, 0.1) is 50.1 Å². The molecule has 3 N–H and O–H groups in total. The highest BCUT2D eigenvalue weighted by atomic mass is 16.5. The van der Waals surface area contributed by atoms with Gasteiger partial charge in [0, 0.05) is 31.5 Å². The summed E-state index contributed by atoms with van der Waals surface area (Å²) in [6, 6.07) is 16.0. The lowest BCUT2D eigenvalue weighted by atomic mass is 9.78. The van der Waals surface area contributed by atoms with E-state index in [2.05, 4.69) is 68.8 Å². The number of carbonyl (C=O) groups excluding carboxylic acids is 3. The van der Waals surface area contributed by atoms with Gasteiger partial charge in [-0.15, -0.1) is 0 Å². The van der Waals surface area contributed by atoms with Gasteiger partial charge in [0.25, 0.3) is 0 Å². The minimum Gasteiger partial charge on any atom is -0.453 e. The quantitative estimate of drug-likeness (QED) is 0.185. The van der Waals surface area contributed by atoms with Crippen molar-refractivity contribution in [2.24, 2.45) is 11.8 Å². The van der Waals surface area contributed by atoms with Crippen molar-refractivity contribution < 1.29 is 23.9 Å². The van der Waals surface area contributed by atoms with Gasteiger partial charge in [-0.2, -0.15) is 0 Å². The van der Waals surface area contributed by atoms with E-state index < -0.39 is 12.1 Å². The summed E-state index contributed by atoms with van der Waals surface area (Å²) in [5, 5.41) is 2.70. The van der Waals surface area contributed by atoms with Gasteiger partial charge in [-0.25, -0.2) is 14.8 Å². The first-order valence-corrected chi connectivity index (χ1v) is 18.6. The van der Waals surface area contributed by atoms with E-state index in [1.54, 1.807) is 0 Å². The molecule has 12 heteroatoms. The third-order valence-electron chi connectivity index (χ3n) is 10.9. The largest absolute Gasteiger partial charge is 0.453 e. The van der Waals surface area contributed by atoms with Crippen molar-refractivity contribution in [3.05, 3.63) is 72.6 Å². The topological polar surface area (TPSA) is 146 Å². The van der Waals surface area contributed by atoms with Crippen molar-refractivity contribution >= 4 is 17.9 Å². The second kappa shape index (κ2) is 15.7. The number of nitrogens with one attached hydrogen (secondary N) is 3. The summed E-state index contributed by atoms with van der Waals surface area (Å²) in [6.45, 7) is 7.00. The van der Waals surface area contributed by atoms with Crippen LogP contribution in [-0.2, 0) is 19.1 Å². The third-order valence-corrected chi connectivity index (χ3v) is 10.9. The maximum absolute atomic E-state index is 13.5. The zero-order chi connectivity index (χ0) is 36.2. The minimum atomic E-state index is -0.673. The molecule has 0 spiro atoms. The van der Waals surface area contributed by atoms with Gasteiger partial charge in [-0.3, -0.25) is 9.59 Å². The maximum Gasteiger partial charge on any atom is 0.407 e. The van der Waals surface area contributed by atoms with Crippen LogP contribution >= 0.6 is 0 Å². The molecule has 0 bridgehead atoms. The number of aromatic amines is 2. The number of morpholine rings is 1. The highest BCUT2D eigenvalue weighted by molar-refractivity contribution is 5.86. The average molecular weight is 708 g/mol. The number of amides is 3. The van der Waals surface area contributed by atoms with Gasteiger partial charge in [-0.05, 0) is 53.9 Å². The molecule has 4 aromatic rings. The van der Waals surface area contributed by atoms with E-state index in [0.717, 1.165) is 83.8 Å². The van der Waals surface area contributed by atoms with Crippen LogP contribution in [0.3, 0.4) is 0 Å². The molecule has 2 aromatic carbocycles. The molecule has 2 aliphatic heterocycles. The van der Waals surface area contributed by atoms with Crippen LogP contribution in [0.25, 0.3) is 33.6 Å². The standard InChI is InChI=1S/C40H49N7O5/c1-25(2)35(45-40(50)51-3)39(49)47-18-6-9-34(47)37-42-24-33(44-37)29-16-12-27(13-17-29)26-10-14-28(15-11-26)32-23-41-36(43-32)30-7-4-5-8-31(30)38(48)46-19-21-52-22-20-46/h10-17,23-25,30-31,34-35H,4-9,18-22H2,1-3H3,(H,41,43)(H,42,44)(H,45,50)/t30-,31+,34-,35-/m0/s1. The van der Waals surface area contributed by atoms with E-state index >= 15 is 0 Å². The molecule has 2 saturated heterocycles. The molecule has 7 rings (SSSR count). The van der Waals surface area contributed by atoms with Crippen molar-refractivity contribution in [3.63, 3.8) is 0 Å². The molecular formula is C40H49N7O5. The van der Waals surface area contributed by atoms with Crippen LogP contribution in [0.5, 0.6) is 0 Å². The summed E-state index contributed by atoms with van der Waals surface area (Å²) in [5.41, 5.74) is 6.08. The van der Waals surface area contributed by atoms with E-state index in [0.29, 0.717) is 32.8 Å². The lowest BCUT2D eigenvalue weighted by molar-refractivity contribution is -0.141. The number of rotatable bonds is 9. The number of nitrogens with zero attached hydrogens (tertiary/aromatic N) is 4. The van der Waals surface area contributed by atoms with Crippen molar-refractivity contribution in [2.45, 2.75) is 70.4 Å². The number of hydrogen-bond acceptors (Lipinski definition) is 7. The molecule has 12 nitrogen and oxygen atoms in total. The molecule has 3 aliphatic rings. The predicted molar refractivity (Wildman–Crippen MR) is 197 cm³/mol. The third kappa shape index (κ3) is 7.48. The van der Waals surface area contributed by atoms with Crippen LogP contribution in [0.4, 0.5) is 4.79 Å². The Bertz CT molecular complexity index is 1840. The fourth-order valence-corrected chi connectivity index (χ4v) is 7.97. The Morgan fingerprint density at radius 3 is 1.98 bits per heavy atom. The number of carbonyl (C=O) groups is 3. The summed E-state index contributed by atoms with van der Waals surface area (Å²) >= 11 is 0. The smallest absolute Gasteiger partial charge is 0.407 e.